The quantitative estimate of drug-likeness (QED) is 0.588. The lowest BCUT2D eigenvalue weighted by molar-refractivity contribution is -0.146. The summed E-state index contributed by atoms with van der Waals surface area (Å²) in [5.41, 5.74) is 3.47. The molecule has 3 saturated heterocycles. The minimum absolute atomic E-state index is 0.00276. The molecule has 1 N–H and O–H groups in total. The first-order valence-electron chi connectivity index (χ1n) is 13.0. The number of hydrogen-bond donors (Lipinski definition) is 1. The van der Waals surface area contributed by atoms with Crippen molar-refractivity contribution in [2.75, 3.05) is 32.7 Å². The lowest BCUT2D eigenvalue weighted by Crippen LogP contribution is -2.48. The minimum Gasteiger partial charge on any atom is -0.393 e. The summed E-state index contributed by atoms with van der Waals surface area (Å²) in [6.07, 6.45) is 5.48. The molecule has 3 aliphatic rings. The lowest BCUT2D eigenvalue weighted by Gasteiger charge is -2.38. The molecule has 6 nitrogen and oxygen atoms in total. The Morgan fingerprint density at radius 2 is 1.61 bits per heavy atom. The molecular formula is C28H33Cl2N3O3. The van der Waals surface area contributed by atoms with Crippen LogP contribution in [0.2, 0.25) is 10.0 Å². The highest BCUT2D eigenvalue weighted by atomic mass is 35.5. The van der Waals surface area contributed by atoms with Crippen molar-refractivity contribution in [2.45, 2.75) is 51.0 Å². The van der Waals surface area contributed by atoms with Gasteiger partial charge in [-0.1, -0.05) is 35.3 Å². The number of nitrogens with zero attached hydrogens (tertiary/aromatic N) is 3. The standard InChI is InChI=1S/C28H33Cl2N3O3/c29-25-16-22(20-5-7-21(8-6-20)28(36)31-13-9-23(34)10-14-31)17-26(30)24(25)15-19-3-1-11-32(18-19)33-12-2-4-27(33)35/h5-8,16-17,19,23,34H,1-4,9-15,18H2/t19-/m1/s1. The number of rotatable bonds is 5. The maximum Gasteiger partial charge on any atom is 0.253 e. The Morgan fingerprint density at radius 1 is 0.917 bits per heavy atom. The highest BCUT2D eigenvalue weighted by Gasteiger charge is 2.31. The Labute approximate surface area is 222 Å². The molecule has 5 rings (SSSR count). The SMILES string of the molecule is O=C(c1ccc(-c2cc(Cl)c(C[C@H]3CCCN(N4CCCC4=O)C3)c(Cl)c2)cc1)N1CCC(O)CC1. The zero-order valence-corrected chi connectivity index (χ0v) is 22.0. The van der Waals surface area contributed by atoms with Gasteiger partial charge in [0.05, 0.1) is 6.10 Å². The first-order chi connectivity index (χ1) is 17.4. The topological polar surface area (TPSA) is 64.1 Å². The summed E-state index contributed by atoms with van der Waals surface area (Å²) < 4.78 is 0. The average Bonchev–Trinajstić information content (AvgIpc) is 3.32. The molecule has 192 valence electrons. The predicted octanol–water partition coefficient (Wildman–Crippen LogP) is 5.05. The van der Waals surface area contributed by atoms with Gasteiger partial charge >= 0.3 is 0 Å². The molecule has 3 fully saturated rings. The van der Waals surface area contributed by atoms with E-state index in [1.807, 2.05) is 41.4 Å². The van der Waals surface area contributed by atoms with E-state index in [0.29, 0.717) is 53.9 Å². The molecule has 8 heteroatoms. The van der Waals surface area contributed by atoms with Gasteiger partial charge < -0.3 is 10.0 Å². The number of aliphatic hydroxyl groups is 1. The van der Waals surface area contributed by atoms with E-state index < -0.39 is 0 Å². The van der Waals surface area contributed by atoms with Gasteiger partial charge in [-0.25, -0.2) is 5.01 Å². The van der Waals surface area contributed by atoms with Crippen molar-refractivity contribution < 1.29 is 14.7 Å². The summed E-state index contributed by atoms with van der Waals surface area (Å²) in [6.45, 7) is 3.78. The molecule has 2 aromatic rings. The van der Waals surface area contributed by atoms with E-state index >= 15 is 0 Å². The number of benzene rings is 2. The summed E-state index contributed by atoms with van der Waals surface area (Å²) in [4.78, 5) is 26.8. The maximum atomic E-state index is 12.8. The van der Waals surface area contributed by atoms with Crippen molar-refractivity contribution in [1.82, 2.24) is 14.9 Å². The Kier molecular flexibility index (Phi) is 7.87. The third kappa shape index (κ3) is 5.57. The molecule has 1 atom stereocenters. The second-order valence-electron chi connectivity index (χ2n) is 10.3. The molecular weight excluding hydrogens is 497 g/mol. The summed E-state index contributed by atoms with van der Waals surface area (Å²) in [7, 11) is 0. The number of aliphatic hydroxyl groups excluding tert-OH is 1. The van der Waals surface area contributed by atoms with Gasteiger partial charge in [-0.3, -0.25) is 14.6 Å². The Morgan fingerprint density at radius 3 is 2.25 bits per heavy atom. The second-order valence-corrected chi connectivity index (χ2v) is 11.1. The van der Waals surface area contributed by atoms with Gasteiger partial charge in [0.1, 0.15) is 0 Å². The van der Waals surface area contributed by atoms with E-state index in [4.69, 9.17) is 23.2 Å². The van der Waals surface area contributed by atoms with Crippen LogP contribution in [0.4, 0.5) is 0 Å². The van der Waals surface area contributed by atoms with Crippen LogP contribution < -0.4 is 0 Å². The summed E-state index contributed by atoms with van der Waals surface area (Å²) in [6, 6.07) is 11.5. The van der Waals surface area contributed by atoms with Crippen LogP contribution in [-0.4, -0.2) is 70.7 Å². The fraction of sp³-hybridized carbons (Fsp3) is 0.500. The van der Waals surface area contributed by atoms with Gasteiger partial charge in [-0.2, -0.15) is 0 Å². The van der Waals surface area contributed by atoms with E-state index in [0.717, 1.165) is 62.0 Å². The van der Waals surface area contributed by atoms with E-state index in [2.05, 4.69) is 5.01 Å². The van der Waals surface area contributed by atoms with Gasteiger partial charge in [-0.15, -0.1) is 0 Å². The van der Waals surface area contributed by atoms with E-state index in [1.165, 1.54) is 0 Å². The Bertz CT molecular complexity index is 1090. The molecule has 0 spiro atoms. The Hall–Kier alpha value is -2.12. The van der Waals surface area contributed by atoms with Crippen molar-refractivity contribution in [1.29, 1.82) is 0 Å². The molecule has 0 unspecified atom stereocenters. The van der Waals surface area contributed by atoms with Gasteiger partial charge in [0, 0.05) is 54.8 Å². The van der Waals surface area contributed by atoms with Crippen molar-refractivity contribution in [3.8, 4) is 11.1 Å². The van der Waals surface area contributed by atoms with Gasteiger partial charge in [0.2, 0.25) is 5.91 Å². The molecule has 0 aliphatic carbocycles. The molecule has 3 aliphatic heterocycles. The number of halogens is 2. The monoisotopic (exact) mass is 529 g/mol. The van der Waals surface area contributed by atoms with Crippen molar-refractivity contribution in [3.05, 3.63) is 57.6 Å². The minimum atomic E-state index is -0.305. The fourth-order valence-electron chi connectivity index (χ4n) is 5.67. The summed E-state index contributed by atoms with van der Waals surface area (Å²) in [5, 5.41) is 15.1. The number of likely N-dealkylation sites (tertiary alicyclic amines) is 1. The van der Waals surface area contributed by atoms with Gasteiger partial charge in [-0.05, 0) is 85.4 Å². The van der Waals surface area contributed by atoms with Gasteiger partial charge in [0.25, 0.3) is 5.91 Å². The third-order valence-electron chi connectivity index (χ3n) is 7.74. The highest BCUT2D eigenvalue weighted by Crippen LogP contribution is 2.35. The fourth-order valence-corrected chi connectivity index (χ4v) is 6.31. The molecule has 0 radical (unpaired) electrons. The molecule has 36 heavy (non-hydrogen) atoms. The largest absolute Gasteiger partial charge is 0.393 e. The number of hydrogen-bond acceptors (Lipinski definition) is 4. The van der Waals surface area contributed by atoms with Crippen LogP contribution in [0, 0.1) is 5.92 Å². The number of carbonyl (C=O) groups excluding carboxylic acids is 2. The Balaban J connectivity index is 1.26. The number of carbonyl (C=O) groups is 2. The van der Waals surface area contributed by atoms with Crippen molar-refractivity contribution in [3.63, 3.8) is 0 Å². The third-order valence-corrected chi connectivity index (χ3v) is 8.41. The number of hydrazine groups is 1. The van der Waals surface area contributed by atoms with Crippen LogP contribution in [0.15, 0.2) is 36.4 Å². The van der Waals surface area contributed by atoms with Crippen LogP contribution in [0.5, 0.6) is 0 Å². The van der Waals surface area contributed by atoms with Crippen LogP contribution in [-0.2, 0) is 11.2 Å². The molecule has 0 saturated carbocycles. The first kappa shape index (κ1) is 25.5. The zero-order chi connectivity index (χ0) is 25.2. The zero-order valence-electron chi connectivity index (χ0n) is 20.5. The second kappa shape index (κ2) is 11.1. The van der Waals surface area contributed by atoms with Crippen LogP contribution in [0.25, 0.3) is 11.1 Å². The summed E-state index contributed by atoms with van der Waals surface area (Å²) in [5.74, 6) is 0.629. The smallest absolute Gasteiger partial charge is 0.253 e. The van der Waals surface area contributed by atoms with Crippen LogP contribution in [0.1, 0.15) is 54.4 Å². The maximum absolute atomic E-state index is 12.8. The molecule has 2 amide bonds. The normalized spacial score (nSPS) is 21.9. The van der Waals surface area contributed by atoms with E-state index in [-0.39, 0.29) is 17.9 Å². The van der Waals surface area contributed by atoms with Crippen LogP contribution in [0.3, 0.4) is 0 Å². The van der Waals surface area contributed by atoms with E-state index in [1.54, 1.807) is 4.90 Å². The number of piperidine rings is 2. The molecule has 0 aromatic heterocycles. The molecule has 3 heterocycles. The lowest BCUT2D eigenvalue weighted by atomic mass is 9.91. The van der Waals surface area contributed by atoms with Crippen molar-refractivity contribution in [2.24, 2.45) is 5.92 Å². The predicted molar refractivity (Wildman–Crippen MR) is 142 cm³/mol. The highest BCUT2D eigenvalue weighted by molar-refractivity contribution is 6.36. The summed E-state index contributed by atoms with van der Waals surface area (Å²) >= 11 is 13.5. The van der Waals surface area contributed by atoms with Gasteiger partial charge in [0.15, 0.2) is 0 Å². The molecule has 0 bridgehead atoms. The molecule has 2 aromatic carbocycles. The van der Waals surface area contributed by atoms with Crippen LogP contribution >= 0.6 is 23.2 Å². The number of amides is 2. The first-order valence-corrected chi connectivity index (χ1v) is 13.8. The average molecular weight is 530 g/mol. The van der Waals surface area contributed by atoms with E-state index in [9.17, 15) is 14.7 Å². The van der Waals surface area contributed by atoms with Crippen molar-refractivity contribution >= 4 is 35.0 Å².